The fourth-order valence-electron chi connectivity index (χ4n) is 2.13. The van der Waals surface area contributed by atoms with E-state index in [4.69, 9.17) is 9.47 Å². The molecule has 1 aromatic carbocycles. The number of likely N-dealkylation sites (N-methyl/N-ethyl adjacent to an activating group) is 2. The third-order valence-corrected chi connectivity index (χ3v) is 3.47. The molecular weight excluding hydrogens is 284 g/mol. The van der Waals surface area contributed by atoms with Crippen LogP contribution in [0.5, 0.6) is 11.5 Å². The van der Waals surface area contributed by atoms with Crippen LogP contribution in [-0.4, -0.2) is 62.5 Å². The summed E-state index contributed by atoms with van der Waals surface area (Å²) in [7, 11) is 4.64. The number of hydrogen-bond acceptors (Lipinski definition) is 4. The molecule has 0 atom stereocenters. The standard InChI is InChI=1S/C16H24N2O4/c1-6-18(7-2)15(19)11-17(3)16(20)13-9-8-12(21-4)10-14(13)22-5/h8-10H,6-7,11H2,1-5H3. The normalized spacial score (nSPS) is 10.0. The fraction of sp³-hybridized carbons (Fsp3) is 0.500. The average Bonchev–Trinajstić information content (AvgIpc) is 2.54. The molecular formula is C16H24N2O4. The summed E-state index contributed by atoms with van der Waals surface area (Å²) in [5.41, 5.74) is 0.401. The van der Waals surface area contributed by atoms with Gasteiger partial charge in [0.05, 0.1) is 26.3 Å². The van der Waals surface area contributed by atoms with Gasteiger partial charge in [-0.1, -0.05) is 0 Å². The van der Waals surface area contributed by atoms with Crippen LogP contribution >= 0.6 is 0 Å². The van der Waals surface area contributed by atoms with Crippen LogP contribution in [0, 0.1) is 0 Å². The Bertz CT molecular complexity index is 527. The summed E-state index contributed by atoms with van der Waals surface area (Å²) in [5, 5.41) is 0. The van der Waals surface area contributed by atoms with Gasteiger partial charge in [0.25, 0.3) is 5.91 Å². The number of hydrogen-bond donors (Lipinski definition) is 0. The van der Waals surface area contributed by atoms with Crippen molar-refractivity contribution in [1.29, 1.82) is 0 Å². The predicted octanol–water partition coefficient (Wildman–Crippen LogP) is 1.64. The molecule has 0 aromatic heterocycles. The van der Waals surface area contributed by atoms with E-state index < -0.39 is 0 Å². The van der Waals surface area contributed by atoms with E-state index in [1.807, 2.05) is 13.8 Å². The molecule has 0 saturated heterocycles. The van der Waals surface area contributed by atoms with Crippen LogP contribution in [0.15, 0.2) is 18.2 Å². The van der Waals surface area contributed by atoms with Gasteiger partial charge in [0.15, 0.2) is 0 Å². The number of amides is 2. The minimum atomic E-state index is -0.264. The van der Waals surface area contributed by atoms with Gasteiger partial charge in [-0.25, -0.2) is 0 Å². The first kappa shape index (κ1) is 17.8. The SMILES string of the molecule is CCN(CC)C(=O)CN(C)C(=O)c1ccc(OC)cc1OC. The van der Waals surface area contributed by atoms with Crippen LogP contribution in [-0.2, 0) is 4.79 Å². The van der Waals surface area contributed by atoms with E-state index in [0.29, 0.717) is 30.2 Å². The Hall–Kier alpha value is -2.24. The molecule has 2 amide bonds. The average molecular weight is 308 g/mol. The van der Waals surface area contributed by atoms with E-state index in [1.54, 1.807) is 37.3 Å². The molecule has 6 heteroatoms. The molecule has 22 heavy (non-hydrogen) atoms. The highest BCUT2D eigenvalue weighted by Crippen LogP contribution is 2.25. The molecule has 0 bridgehead atoms. The molecule has 6 nitrogen and oxygen atoms in total. The van der Waals surface area contributed by atoms with Crippen molar-refractivity contribution in [2.24, 2.45) is 0 Å². The molecule has 0 aliphatic carbocycles. The van der Waals surface area contributed by atoms with Crippen LogP contribution in [0.2, 0.25) is 0 Å². The summed E-state index contributed by atoms with van der Waals surface area (Å²) in [5.74, 6) is 0.690. The maximum absolute atomic E-state index is 12.5. The van der Waals surface area contributed by atoms with Crippen molar-refractivity contribution in [2.75, 3.05) is 40.9 Å². The minimum absolute atomic E-state index is 0.0374. The summed E-state index contributed by atoms with van der Waals surface area (Å²) in [6.45, 7) is 5.12. The van der Waals surface area contributed by atoms with Gasteiger partial charge < -0.3 is 19.3 Å². The number of benzene rings is 1. The van der Waals surface area contributed by atoms with Gasteiger partial charge in [0.2, 0.25) is 5.91 Å². The van der Waals surface area contributed by atoms with Crippen molar-refractivity contribution in [3.63, 3.8) is 0 Å². The Morgan fingerprint density at radius 1 is 1.09 bits per heavy atom. The molecule has 0 radical (unpaired) electrons. The van der Waals surface area contributed by atoms with E-state index in [1.165, 1.54) is 12.0 Å². The van der Waals surface area contributed by atoms with Gasteiger partial charge in [-0.15, -0.1) is 0 Å². The lowest BCUT2D eigenvalue weighted by molar-refractivity contribution is -0.131. The van der Waals surface area contributed by atoms with E-state index in [-0.39, 0.29) is 18.4 Å². The highest BCUT2D eigenvalue weighted by Gasteiger charge is 2.21. The molecule has 0 fully saturated rings. The second-order valence-electron chi connectivity index (χ2n) is 4.79. The molecule has 0 spiro atoms. The van der Waals surface area contributed by atoms with E-state index in [0.717, 1.165) is 0 Å². The van der Waals surface area contributed by atoms with Crippen molar-refractivity contribution in [3.8, 4) is 11.5 Å². The Morgan fingerprint density at radius 3 is 2.23 bits per heavy atom. The van der Waals surface area contributed by atoms with Gasteiger partial charge >= 0.3 is 0 Å². The number of carbonyl (C=O) groups is 2. The van der Waals surface area contributed by atoms with Crippen molar-refractivity contribution in [1.82, 2.24) is 9.80 Å². The summed E-state index contributed by atoms with van der Waals surface area (Å²) >= 11 is 0. The smallest absolute Gasteiger partial charge is 0.257 e. The second-order valence-corrected chi connectivity index (χ2v) is 4.79. The summed E-state index contributed by atoms with van der Waals surface area (Å²) < 4.78 is 10.3. The molecule has 122 valence electrons. The zero-order chi connectivity index (χ0) is 16.7. The Kier molecular flexibility index (Phi) is 6.69. The van der Waals surface area contributed by atoms with Gasteiger partial charge in [0, 0.05) is 26.2 Å². The topological polar surface area (TPSA) is 59.1 Å². The maximum atomic E-state index is 12.5. The third-order valence-electron chi connectivity index (χ3n) is 3.47. The van der Waals surface area contributed by atoms with Crippen molar-refractivity contribution >= 4 is 11.8 Å². The number of nitrogens with zero attached hydrogens (tertiary/aromatic N) is 2. The molecule has 0 heterocycles. The zero-order valence-electron chi connectivity index (χ0n) is 13.9. The lowest BCUT2D eigenvalue weighted by Crippen LogP contribution is -2.41. The van der Waals surface area contributed by atoms with E-state index in [9.17, 15) is 9.59 Å². The van der Waals surface area contributed by atoms with E-state index >= 15 is 0 Å². The van der Waals surface area contributed by atoms with Gasteiger partial charge in [-0.2, -0.15) is 0 Å². The second kappa shape index (κ2) is 8.26. The van der Waals surface area contributed by atoms with Gasteiger partial charge in [-0.3, -0.25) is 9.59 Å². The van der Waals surface area contributed by atoms with Gasteiger partial charge in [0.1, 0.15) is 11.5 Å². The Balaban J connectivity index is 2.89. The first-order valence-electron chi connectivity index (χ1n) is 7.23. The Labute approximate surface area is 131 Å². The molecule has 0 saturated carbocycles. The Morgan fingerprint density at radius 2 is 1.73 bits per heavy atom. The lowest BCUT2D eigenvalue weighted by Gasteiger charge is -2.23. The quantitative estimate of drug-likeness (QED) is 0.768. The van der Waals surface area contributed by atoms with Crippen molar-refractivity contribution < 1.29 is 19.1 Å². The molecule has 1 aromatic rings. The van der Waals surface area contributed by atoms with Crippen LogP contribution in [0.25, 0.3) is 0 Å². The van der Waals surface area contributed by atoms with E-state index in [2.05, 4.69) is 0 Å². The zero-order valence-corrected chi connectivity index (χ0v) is 13.9. The highest BCUT2D eigenvalue weighted by molar-refractivity contribution is 5.98. The number of ether oxygens (including phenoxy) is 2. The molecule has 0 unspecified atom stereocenters. The van der Waals surface area contributed by atoms with Crippen LogP contribution < -0.4 is 9.47 Å². The first-order valence-corrected chi connectivity index (χ1v) is 7.23. The minimum Gasteiger partial charge on any atom is -0.497 e. The molecule has 0 N–H and O–H groups in total. The lowest BCUT2D eigenvalue weighted by atomic mass is 10.1. The van der Waals surface area contributed by atoms with Gasteiger partial charge in [-0.05, 0) is 26.0 Å². The number of methoxy groups -OCH3 is 2. The highest BCUT2D eigenvalue weighted by atomic mass is 16.5. The first-order chi connectivity index (χ1) is 10.5. The summed E-state index contributed by atoms with van der Waals surface area (Å²) in [6, 6.07) is 4.97. The molecule has 0 aliphatic heterocycles. The largest absolute Gasteiger partial charge is 0.497 e. The van der Waals surface area contributed by atoms with Crippen molar-refractivity contribution in [2.45, 2.75) is 13.8 Å². The monoisotopic (exact) mass is 308 g/mol. The van der Waals surface area contributed by atoms with Crippen LogP contribution in [0.4, 0.5) is 0 Å². The van der Waals surface area contributed by atoms with Crippen LogP contribution in [0.1, 0.15) is 24.2 Å². The molecule has 1 rings (SSSR count). The fourth-order valence-corrected chi connectivity index (χ4v) is 2.13. The maximum Gasteiger partial charge on any atom is 0.257 e. The third kappa shape index (κ3) is 4.13. The predicted molar refractivity (Wildman–Crippen MR) is 84.4 cm³/mol. The van der Waals surface area contributed by atoms with Crippen molar-refractivity contribution in [3.05, 3.63) is 23.8 Å². The summed E-state index contributed by atoms with van der Waals surface area (Å²) in [6.07, 6.45) is 0. The van der Waals surface area contributed by atoms with Crippen LogP contribution in [0.3, 0.4) is 0 Å². The number of carbonyl (C=O) groups excluding carboxylic acids is 2. The summed E-state index contributed by atoms with van der Waals surface area (Å²) in [4.78, 5) is 27.7. The molecule has 0 aliphatic rings. The number of rotatable bonds is 7.